The summed E-state index contributed by atoms with van der Waals surface area (Å²) in [6.45, 7) is 5.23. The maximum atomic E-state index is 12.4. The molecule has 0 saturated carbocycles. The first kappa shape index (κ1) is 28.3. The van der Waals surface area contributed by atoms with Gasteiger partial charge in [0.15, 0.2) is 5.13 Å². The van der Waals surface area contributed by atoms with E-state index in [1.165, 1.54) is 24.0 Å². The third kappa shape index (κ3) is 7.90. The van der Waals surface area contributed by atoms with Gasteiger partial charge >= 0.3 is 5.97 Å². The zero-order valence-electron chi connectivity index (χ0n) is 22.7. The fourth-order valence-electron chi connectivity index (χ4n) is 4.54. The summed E-state index contributed by atoms with van der Waals surface area (Å²) in [6.07, 6.45) is 11.0. The minimum Gasteiger partial charge on any atom is -0.481 e. The number of amides is 1. The molecule has 2 N–H and O–H groups in total. The summed E-state index contributed by atoms with van der Waals surface area (Å²) < 4.78 is 0. The third-order valence-electron chi connectivity index (χ3n) is 6.94. The van der Waals surface area contributed by atoms with E-state index in [2.05, 4.69) is 84.1 Å². The molecule has 7 heteroatoms. The summed E-state index contributed by atoms with van der Waals surface area (Å²) in [5.41, 5.74) is 6.43. The first-order valence-electron chi connectivity index (χ1n) is 13.8. The van der Waals surface area contributed by atoms with E-state index < -0.39 is 5.97 Å². The Labute approximate surface area is 235 Å². The van der Waals surface area contributed by atoms with Gasteiger partial charge in [0.2, 0.25) is 0 Å². The maximum Gasteiger partial charge on any atom is 0.305 e. The first-order chi connectivity index (χ1) is 19.0. The number of aliphatic carboxylic acids is 1. The summed E-state index contributed by atoms with van der Waals surface area (Å²) in [5.74, 6) is -0.953. The molecule has 0 bridgehead atoms. The van der Waals surface area contributed by atoms with Gasteiger partial charge in [-0.1, -0.05) is 74.9 Å². The average molecular weight is 544 g/mol. The molecule has 0 fully saturated rings. The second-order valence-corrected chi connectivity index (χ2v) is 10.7. The van der Waals surface area contributed by atoms with E-state index in [0.29, 0.717) is 5.57 Å². The number of anilines is 2. The van der Waals surface area contributed by atoms with Gasteiger partial charge in [-0.2, -0.15) is 0 Å². The largest absolute Gasteiger partial charge is 0.481 e. The Morgan fingerprint density at radius 2 is 1.82 bits per heavy atom. The van der Waals surface area contributed by atoms with E-state index in [1.54, 1.807) is 11.3 Å². The highest BCUT2D eigenvalue weighted by Gasteiger charge is 2.21. The number of carboxylic acids is 1. The highest BCUT2D eigenvalue weighted by Crippen LogP contribution is 2.34. The monoisotopic (exact) mass is 543 g/mol. The van der Waals surface area contributed by atoms with Crippen LogP contribution in [0.3, 0.4) is 0 Å². The molecule has 1 unspecified atom stereocenters. The van der Waals surface area contributed by atoms with Crippen LogP contribution in [0, 0.1) is 5.92 Å². The Bertz CT molecular complexity index is 1310. The lowest BCUT2D eigenvalue weighted by Crippen LogP contribution is -2.29. The number of thiazole rings is 1. The normalized spacial score (nSPS) is 14.6. The van der Waals surface area contributed by atoms with Crippen molar-refractivity contribution in [3.8, 4) is 11.3 Å². The molecule has 0 saturated heterocycles. The van der Waals surface area contributed by atoms with Crippen LogP contribution in [0.1, 0.15) is 50.7 Å². The van der Waals surface area contributed by atoms with Gasteiger partial charge in [0.1, 0.15) is 0 Å². The molecular weight excluding hydrogens is 506 g/mol. The van der Waals surface area contributed by atoms with E-state index in [0.717, 1.165) is 47.9 Å². The summed E-state index contributed by atoms with van der Waals surface area (Å²) >= 11 is 1.64. The Hall–Kier alpha value is -3.71. The fourth-order valence-corrected chi connectivity index (χ4v) is 5.40. The molecule has 4 rings (SSSR count). The van der Waals surface area contributed by atoms with Crippen LogP contribution in [0.2, 0.25) is 0 Å². The van der Waals surface area contributed by atoms with Gasteiger partial charge in [0.05, 0.1) is 12.1 Å². The van der Waals surface area contributed by atoms with E-state index in [1.807, 2.05) is 12.2 Å². The highest BCUT2D eigenvalue weighted by molar-refractivity contribution is 7.14. The number of hydrogen-bond donors (Lipinski definition) is 2. The first-order valence-corrected chi connectivity index (χ1v) is 14.6. The predicted molar refractivity (Wildman–Crippen MR) is 160 cm³/mol. The molecule has 0 aliphatic heterocycles. The van der Waals surface area contributed by atoms with Gasteiger partial charge < -0.3 is 15.3 Å². The molecule has 0 radical (unpaired) electrons. The number of unbranched alkanes of at least 4 members (excludes halogenated alkanes) is 1. The third-order valence-corrected chi connectivity index (χ3v) is 7.80. The Morgan fingerprint density at radius 1 is 1.08 bits per heavy atom. The predicted octanol–water partition coefficient (Wildman–Crippen LogP) is 6.95. The minimum absolute atomic E-state index is 0.0872. The van der Waals surface area contributed by atoms with Crippen LogP contribution in [0.15, 0.2) is 77.7 Å². The van der Waals surface area contributed by atoms with Crippen molar-refractivity contribution in [2.24, 2.45) is 5.92 Å². The van der Waals surface area contributed by atoms with E-state index in [4.69, 9.17) is 10.1 Å². The molecule has 1 aliphatic rings. The van der Waals surface area contributed by atoms with E-state index in [9.17, 15) is 9.59 Å². The maximum absolute atomic E-state index is 12.4. The van der Waals surface area contributed by atoms with Gasteiger partial charge in [-0.3, -0.25) is 9.59 Å². The van der Waals surface area contributed by atoms with Crippen LogP contribution in [0.25, 0.3) is 11.3 Å². The molecule has 1 aromatic heterocycles. The SMILES string of the molecule is CCCCc1ccc(N(CC2C=CC(C(=O)NCCC(=O)O)=CC2)c2nc(-c3ccc(CC)cc3)cs2)cc1. The lowest BCUT2D eigenvalue weighted by Gasteiger charge is -2.27. The van der Waals surface area contributed by atoms with Gasteiger partial charge in [0.25, 0.3) is 5.91 Å². The minimum atomic E-state index is -0.926. The highest BCUT2D eigenvalue weighted by atomic mass is 32.1. The smallest absolute Gasteiger partial charge is 0.305 e. The van der Waals surface area contributed by atoms with Crippen LogP contribution in [0.4, 0.5) is 10.8 Å². The standard InChI is InChI=1S/C32H37N3O3S/c1-3-5-6-24-11-17-28(18-12-24)35(32-34-29(22-39-32)26-13-7-23(4-2)8-14-26)21-25-9-15-27(16-10-25)31(38)33-20-19-30(36)37/h7-9,11-18,22,25H,3-6,10,19-21H2,1-2H3,(H,33,38)(H,36,37). The van der Waals surface area contributed by atoms with Gasteiger partial charge in [-0.25, -0.2) is 4.98 Å². The summed E-state index contributed by atoms with van der Waals surface area (Å²) in [4.78, 5) is 30.4. The van der Waals surface area contributed by atoms with Crippen molar-refractivity contribution in [3.63, 3.8) is 0 Å². The molecule has 3 aromatic rings. The van der Waals surface area contributed by atoms with Crippen molar-refractivity contribution in [2.45, 2.75) is 52.4 Å². The van der Waals surface area contributed by atoms with Gasteiger partial charge in [0, 0.05) is 35.3 Å². The zero-order valence-corrected chi connectivity index (χ0v) is 23.5. The van der Waals surface area contributed by atoms with Crippen LogP contribution < -0.4 is 10.2 Å². The van der Waals surface area contributed by atoms with Crippen molar-refractivity contribution in [3.05, 3.63) is 88.8 Å². The van der Waals surface area contributed by atoms with Crippen LogP contribution in [0.5, 0.6) is 0 Å². The fraction of sp³-hybridized carbons (Fsp3) is 0.344. The summed E-state index contributed by atoms with van der Waals surface area (Å²) in [5, 5.41) is 14.5. The second kappa shape index (κ2) is 13.9. The zero-order chi connectivity index (χ0) is 27.6. The number of nitrogens with one attached hydrogen (secondary N) is 1. The number of aryl methyl sites for hydroxylation is 2. The van der Waals surface area contributed by atoms with Crippen molar-refractivity contribution < 1.29 is 14.7 Å². The molecule has 204 valence electrons. The lowest BCUT2D eigenvalue weighted by molar-refractivity contribution is -0.136. The van der Waals surface area contributed by atoms with Gasteiger partial charge in [-0.05, 0) is 54.9 Å². The molecule has 1 heterocycles. The van der Waals surface area contributed by atoms with Gasteiger partial charge in [-0.15, -0.1) is 11.3 Å². The Balaban J connectivity index is 1.51. The summed E-state index contributed by atoms with van der Waals surface area (Å²) in [6, 6.07) is 17.4. The molecule has 1 amide bonds. The molecule has 39 heavy (non-hydrogen) atoms. The van der Waals surface area contributed by atoms with E-state index in [-0.39, 0.29) is 24.8 Å². The van der Waals surface area contributed by atoms with Crippen molar-refractivity contribution in [1.82, 2.24) is 10.3 Å². The molecule has 6 nitrogen and oxygen atoms in total. The number of carboxylic acid groups (broad SMARTS) is 1. The number of carbonyl (C=O) groups is 2. The number of aromatic nitrogens is 1. The van der Waals surface area contributed by atoms with Crippen molar-refractivity contribution in [2.75, 3.05) is 18.0 Å². The van der Waals surface area contributed by atoms with E-state index >= 15 is 0 Å². The average Bonchev–Trinajstić information content (AvgIpc) is 3.45. The van der Waals surface area contributed by atoms with Crippen LogP contribution in [-0.4, -0.2) is 35.1 Å². The number of nitrogens with zero attached hydrogens (tertiary/aromatic N) is 2. The lowest BCUT2D eigenvalue weighted by atomic mass is 9.95. The number of hydrogen-bond acceptors (Lipinski definition) is 5. The second-order valence-electron chi connectivity index (χ2n) is 9.86. The Kier molecular flexibility index (Phi) is 10.1. The molecule has 1 aliphatic carbocycles. The Morgan fingerprint density at radius 3 is 2.46 bits per heavy atom. The van der Waals surface area contributed by atoms with Crippen LogP contribution >= 0.6 is 11.3 Å². The summed E-state index contributed by atoms with van der Waals surface area (Å²) in [7, 11) is 0. The van der Waals surface area contributed by atoms with Crippen molar-refractivity contribution >= 4 is 34.0 Å². The topological polar surface area (TPSA) is 82.5 Å². The molecule has 2 aromatic carbocycles. The molecule has 1 atom stereocenters. The molecular formula is C32H37N3O3S. The quantitative estimate of drug-likeness (QED) is 0.244. The number of carbonyl (C=O) groups excluding carboxylic acids is 1. The number of benzene rings is 2. The van der Waals surface area contributed by atoms with Crippen LogP contribution in [-0.2, 0) is 22.4 Å². The van der Waals surface area contributed by atoms with Crippen molar-refractivity contribution in [1.29, 1.82) is 0 Å². The number of rotatable bonds is 13. The number of allylic oxidation sites excluding steroid dienone is 1. The molecule has 0 spiro atoms.